The number of hydrogen-bond acceptors (Lipinski definition) is 3. The van der Waals surface area contributed by atoms with Crippen LogP contribution < -0.4 is 10.6 Å². The molecule has 1 aromatic carbocycles. The molecule has 0 aliphatic heterocycles. The lowest BCUT2D eigenvalue weighted by molar-refractivity contribution is 0.0954. The number of anilines is 1. The third kappa shape index (κ3) is 3.69. The Morgan fingerprint density at radius 3 is 2.68 bits per heavy atom. The Labute approximate surface area is 155 Å². The third-order valence-corrected chi connectivity index (χ3v) is 4.77. The van der Waals surface area contributed by atoms with E-state index in [4.69, 9.17) is 0 Å². The Bertz CT molecular complexity index is 886. The smallest absolute Gasteiger partial charge is 0.254 e. The van der Waals surface area contributed by atoms with Crippen LogP contribution in [-0.2, 0) is 13.0 Å². The average Bonchev–Trinajstić information content (AvgIpc) is 3.05. The molecule has 2 heterocycles. The van der Waals surface area contributed by atoms with E-state index in [0.717, 1.165) is 34.2 Å². The number of aryl methyl sites for hydroxylation is 1. The summed E-state index contributed by atoms with van der Waals surface area (Å²) in [7, 11) is 1.83. The quantitative estimate of drug-likeness (QED) is 0.660. The van der Waals surface area contributed by atoms with E-state index in [9.17, 15) is 4.79 Å². The molecular formula is C19H21BrN4O. The highest BCUT2D eigenvalue weighted by molar-refractivity contribution is 9.10. The normalized spacial score (nSPS) is 10.8. The second-order valence-corrected chi connectivity index (χ2v) is 6.68. The van der Waals surface area contributed by atoms with Crippen LogP contribution in [0.1, 0.15) is 22.8 Å². The fourth-order valence-corrected chi connectivity index (χ4v) is 3.17. The Morgan fingerprint density at radius 2 is 2.00 bits per heavy atom. The van der Waals surface area contributed by atoms with Crippen LogP contribution in [0, 0.1) is 0 Å². The van der Waals surface area contributed by atoms with E-state index >= 15 is 0 Å². The Hall–Kier alpha value is -2.34. The minimum atomic E-state index is -0.111. The van der Waals surface area contributed by atoms with Crippen LogP contribution in [0.25, 0.3) is 11.0 Å². The largest absolute Gasteiger partial charge is 0.387 e. The van der Waals surface area contributed by atoms with Gasteiger partial charge >= 0.3 is 0 Å². The van der Waals surface area contributed by atoms with Gasteiger partial charge in [-0.05, 0) is 37.1 Å². The van der Waals surface area contributed by atoms with E-state index in [2.05, 4.69) is 55.2 Å². The van der Waals surface area contributed by atoms with Crippen molar-refractivity contribution in [1.82, 2.24) is 14.9 Å². The number of carbonyl (C=O) groups is 1. The van der Waals surface area contributed by atoms with Gasteiger partial charge in [0.2, 0.25) is 0 Å². The number of nitrogens with one attached hydrogen (secondary N) is 2. The molecule has 3 aromatic rings. The van der Waals surface area contributed by atoms with Gasteiger partial charge in [-0.1, -0.05) is 28.1 Å². The summed E-state index contributed by atoms with van der Waals surface area (Å²) >= 11 is 3.42. The highest BCUT2D eigenvalue weighted by Crippen LogP contribution is 2.26. The van der Waals surface area contributed by atoms with Crippen LogP contribution in [0.5, 0.6) is 0 Å². The van der Waals surface area contributed by atoms with Gasteiger partial charge in [-0.3, -0.25) is 4.79 Å². The number of amides is 1. The van der Waals surface area contributed by atoms with Gasteiger partial charge in [0.15, 0.2) is 0 Å². The van der Waals surface area contributed by atoms with Crippen molar-refractivity contribution in [2.75, 3.05) is 18.9 Å². The highest BCUT2D eigenvalue weighted by atomic mass is 79.9. The molecule has 0 fully saturated rings. The molecule has 25 heavy (non-hydrogen) atoms. The molecule has 0 spiro atoms. The first kappa shape index (κ1) is 17.5. The summed E-state index contributed by atoms with van der Waals surface area (Å²) in [6.45, 7) is 3.50. The number of hydrogen-bond donors (Lipinski definition) is 2. The van der Waals surface area contributed by atoms with Crippen molar-refractivity contribution in [2.45, 2.75) is 19.9 Å². The van der Waals surface area contributed by atoms with Gasteiger partial charge in [-0.15, -0.1) is 0 Å². The van der Waals surface area contributed by atoms with Crippen LogP contribution in [-0.4, -0.2) is 29.1 Å². The highest BCUT2D eigenvalue weighted by Gasteiger charge is 2.16. The zero-order valence-electron chi connectivity index (χ0n) is 14.3. The number of fused-ring (bicyclic) bond motifs is 1. The lowest BCUT2D eigenvalue weighted by Gasteiger charge is -2.11. The fraction of sp³-hybridized carbons (Fsp3) is 0.263. The third-order valence-electron chi connectivity index (χ3n) is 4.24. The van der Waals surface area contributed by atoms with Gasteiger partial charge in [-0.2, -0.15) is 0 Å². The van der Waals surface area contributed by atoms with Crippen molar-refractivity contribution in [3.8, 4) is 0 Å². The topological polar surface area (TPSA) is 59.0 Å². The van der Waals surface area contributed by atoms with Gasteiger partial charge in [0, 0.05) is 42.4 Å². The standard InChI is InChI=1S/C19H21BrN4O/c1-3-24-11-9-15-17(21-2)16(12-23-18(15)24)19(25)22-10-8-13-4-6-14(20)7-5-13/h4-7,9,11-12H,3,8,10H2,1-2H3,(H,21,23)(H,22,25). The second-order valence-electron chi connectivity index (χ2n) is 5.77. The molecule has 0 saturated carbocycles. The zero-order valence-corrected chi connectivity index (χ0v) is 15.9. The summed E-state index contributed by atoms with van der Waals surface area (Å²) in [6.07, 6.45) is 4.43. The molecule has 130 valence electrons. The summed E-state index contributed by atoms with van der Waals surface area (Å²) in [6, 6.07) is 10.1. The van der Waals surface area contributed by atoms with E-state index in [1.807, 2.05) is 31.4 Å². The van der Waals surface area contributed by atoms with Gasteiger partial charge in [0.05, 0.1) is 11.3 Å². The molecule has 5 nitrogen and oxygen atoms in total. The molecule has 3 rings (SSSR count). The molecular weight excluding hydrogens is 380 g/mol. The van der Waals surface area contributed by atoms with E-state index in [1.165, 1.54) is 5.56 Å². The van der Waals surface area contributed by atoms with E-state index in [1.54, 1.807) is 6.20 Å². The molecule has 1 amide bonds. The first-order chi connectivity index (χ1) is 12.1. The van der Waals surface area contributed by atoms with E-state index in [0.29, 0.717) is 12.1 Å². The molecule has 0 atom stereocenters. The number of carbonyl (C=O) groups excluding carboxylic acids is 1. The van der Waals surface area contributed by atoms with Gasteiger partial charge in [0.1, 0.15) is 5.65 Å². The van der Waals surface area contributed by atoms with E-state index in [-0.39, 0.29) is 5.91 Å². The lowest BCUT2D eigenvalue weighted by Crippen LogP contribution is -2.26. The molecule has 6 heteroatoms. The maximum atomic E-state index is 12.6. The Morgan fingerprint density at radius 1 is 1.24 bits per heavy atom. The summed E-state index contributed by atoms with van der Waals surface area (Å²) < 4.78 is 3.11. The molecule has 0 aliphatic carbocycles. The minimum absolute atomic E-state index is 0.111. The number of pyridine rings is 1. The molecule has 2 N–H and O–H groups in total. The predicted octanol–water partition coefficient (Wildman–Crippen LogP) is 3.83. The molecule has 0 aliphatic rings. The van der Waals surface area contributed by atoms with Crippen molar-refractivity contribution in [2.24, 2.45) is 0 Å². The molecule has 0 unspecified atom stereocenters. The molecule has 0 radical (unpaired) electrons. The maximum absolute atomic E-state index is 12.6. The fourth-order valence-electron chi connectivity index (χ4n) is 2.90. The zero-order chi connectivity index (χ0) is 17.8. The van der Waals surface area contributed by atoms with Crippen molar-refractivity contribution in [1.29, 1.82) is 0 Å². The van der Waals surface area contributed by atoms with Crippen molar-refractivity contribution in [3.63, 3.8) is 0 Å². The average molecular weight is 401 g/mol. The van der Waals surface area contributed by atoms with Crippen LogP contribution in [0.2, 0.25) is 0 Å². The summed E-state index contributed by atoms with van der Waals surface area (Å²) in [5.41, 5.74) is 3.46. The van der Waals surface area contributed by atoms with Crippen LogP contribution in [0.4, 0.5) is 5.69 Å². The predicted molar refractivity (Wildman–Crippen MR) is 105 cm³/mol. The molecule has 0 bridgehead atoms. The Balaban J connectivity index is 1.74. The van der Waals surface area contributed by atoms with Crippen LogP contribution in [0.3, 0.4) is 0 Å². The van der Waals surface area contributed by atoms with Crippen molar-refractivity contribution in [3.05, 3.63) is 58.3 Å². The summed E-state index contributed by atoms with van der Waals surface area (Å²) in [5, 5.41) is 7.10. The van der Waals surface area contributed by atoms with Gasteiger partial charge in [-0.25, -0.2) is 4.98 Å². The first-order valence-electron chi connectivity index (χ1n) is 8.32. The summed E-state index contributed by atoms with van der Waals surface area (Å²) in [4.78, 5) is 17.1. The molecule has 0 saturated heterocycles. The lowest BCUT2D eigenvalue weighted by atomic mass is 10.1. The maximum Gasteiger partial charge on any atom is 0.254 e. The number of aromatic nitrogens is 2. The van der Waals surface area contributed by atoms with Crippen molar-refractivity contribution >= 4 is 38.6 Å². The number of rotatable bonds is 6. The number of benzene rings is 1. The number of nitrogens with zero attached hydrogens (tertiary/aromatic N) is 2. The number of halogens is 1. The van der Waals surface area contributed by atoms with Crippen LogP contribution in [0.15, 0.2) is 47.2 Å². The van der Waals surface area contributed by atoms with Gasteiger partial charge < -0.3 is 15.2 Å². The first-order valence-corrected chi connectivity index (χ1v) is 9.11. The monoisotopic (exact) mass is 400 g/mol. The van der Waals surface area contributed by atoms with E-state index < -0.39 is 0 Å². The van der Waals surface area contributed by atoms with Crippen LogP contribution >= 0.6 is 15.9 Å². The minimum Gasteiger partial charge on any atom is -0.387 e. The second kappa shape index (κ2) is 7.70. The van der Waals surface area contributed by atoms with Crippen molar-refractivity contribution < 1.29 is 4.79 Å². The Kier molecular flexibility index (Phi) is 5.38. The van der Waals surface area contributed by atoms with Gasteiger partial charge in [0.25, 0.3) is 5.91 Å². The summed E-state index contributed by atoms with van der Waals surface area (Å²) in [5.74, 6) is -0.111. The SMILES string of the molecule is CCn1ccc2c(NC)c(C(=O)NCCc3ccc(Br)cc3)cnc21. The molecule has 2 aromatic heterocycles.